The fourth-order valence-corrected chi connectivity index (χ4v) is 3.36. The number of rotatable bonds is 3. The minimum Gasteiger partial charge on any atom is -0.495 e. The van der Waals surface area contributed by atoms with E-state index in [0.717, 1.165) is 12.5 Å². The van der Waals surface area contributed by atoms with Gasteiger partial charge in [0, 0.05) is 11.6 Å². The van der Waals surface area contributed by atoms with Gasteiger partial charge >= 0.3 is 5.97 Å². The molecule has 1 aliphatic carbocycles. The normalized spacial score (nSPS) is 17.8. The third-order valence-corrected chi connectivity index (χ3v) is 4.68. The Bertz CT molecular complexity index is 540. The summed E-state index contributed by atoms with van der Waals surface area (Å²) in [4.78, 5) is 11.7. The van der Waals surface area contributed by atoms with Crippen molar-refractivity contribution in [1.29, 1.82) is 0 Å². The molecule has 20 heavy (non-hydrogen) atoms. The van der Waals surface area contributed by atoms with E-state index in [-0.39, 0.29) is 28.6 Å². The van der Waals surface area contributed by atoms with Crippen molar-refractivity contribution in [3.05, 3.63) is 27.7 Å². The quantitative estimate of drug-likeness (QED) is 0.839. The summed E-state index contributed by atoms with van der Waals surface area (Å²) in [6.07, 6.45) is 2.67. The van der Waals surface area contributed by atoms with Crippen LogP contribution in [0.1, 0.15) is 37.7 Å². The third-order valence-electron chi connectivity index (χ3n) is 3.94. The standard InChI is InChI=1S/C14H15BrF2O3/c1-20-9-7-8(16)10(12(17)11(9)15)14(13(18)19)5-3-2-4-6-14/h7H,2-6H2,1H3,(H,18,19). The summed E-state index contributed by atoms with van der Waals surface area (Å²) in [5.41, 5.74) is -1.85. The van der Waals surface area contributed by atoms with E-state index < -0.39 is 23.0 Å². The number of carbonyl (C=O) groups is 1. The number of methoxy groups -OCH3 is 1. The summed E-state index contributed by atoms with van der Waals surface area (Å²) in [6, 6.07) is 1.03. The molecule has 0 heterocycles. The second-order valence-corrected chi connectivity index (χ2v) is 5.80. The zero-order chi connectivity index (χ0) is 14.9. The highest BCUT2D eigenvalue weighted by Gasteiger charge is 2.46. The highest BCUT2D eigenvalue weighted by molar-refractivity contribution is 9.10. The van der Waals surface area contributed by atoms with E-state index in [1.165, 1.54) is 7.11 Å². The maximum Gasteiger partial charge on any atom is 0.314 e. The van der Waals surface area contributed by atoms with E-state index in [2.05, 4.69) is 15.9 Å². The maximum atomic E-state index is 14.5. The zero-order valence-electron chi connectivity index (χ0n) is 11.0. The monoisotopic (exact) mass is 348 g/mol. The Labute approximate surface area is 124 Å². The molecule has 1 aromatic rings. The van der Waals surface area contributed by atoms with Gasteiger partial charge in [0.25, 0.3) is 0 Å². The zero-order valence-corrected chi connectivity index (χ0v) is 12.6. The molecule has 1 aliphatic rings. The molecule has 110 valence electrons. The van der Waals surface area contributed by atoms with E-state index in [1.807, 2.05) is 0 Å². The van der Waals surface area contributed by atoms with Gasteiger partial charge in [-0.25, -0.2) is 8.78 Å². The van der Waals surface area contributed by atoms with Crippen LogP contribution in [0, 0.1) is 11.6 Å². The van der Waals surface area contributed by atoms with Crippen LogP contribution in [0.25, 0.3) is 0 Å². The van der Waals surface area contributed by atoms with Crippen LogP contribution in [-0.2, 0) is 10.2 Å². The van der Waals surface area contributed by atoms with Gasteiger partial charge in [-0.15, -0.1) is 0 Å². The molecule has 0 unspecified atom stereocenters. The van der Waals surface area contributed by atoms with Crippen LogP contribution in [0.15, 0.2) is 10.5 Å². The number of carboxylic acids is 1. The number of ether oxygens (including phenoxy) is 1. The first-order chi connectivity index (χ1) is 9.44. The third kappa shape index (κ3) is 2.30. The topological polar surface area (TPSA) is 46.5 Å². The number of hydrogen-bond donors (Lipinski definition) is 1. The highest BCUT2D eigenvalue weighted by Crippen LogP contribution is 2.45. The molecule has 1 saturated carbocycles. The minimum absolute atomic E-state index is 0.0140. The second-order valence-electron chi connectivity index (χ2n) is 5.01. The number of aliphatic carboxylic acids is 1. The van der Waals surface area contributed by atoms with Gasteiger partial charge in [0.15, 0.2) is 0 Å². The van der Waals surface area contributed by atoms with Crippen molar-refractivity contribution in [2.24, 2.45) is 0 Å². The Balaban J connectivity index is 2.66. The van der Waals surface area contributed by atoms with Crippen LogP contribution in [0.2, 0.25) is 0 Å². The van der Waals surface area contributed by atoms with Gasteiger partial charge in [0.2, 0.25) is 0 Å². The van der Waals surface area contributed by atoms with Gasteiger partial charge in [-0.3, -0.25) is 4.79 Å². The molecule has 0 bridgehead atoms. The lowest BCUT2D eigenvalue weighted by Crippen LogP contribution is -2.39. The van der Waals surface area contributed by atoms with Gasteiger partial charge < -0.3 is 9.84 Å². The average molecular weight is 349 g/mol. The van der Waals surface area contributed by atoms with Gasteiger partial charge in [0.05, 0.1) is 17.0 Å². The number of halogens is 3. The Kier molecular flexibility index (Phi) is 4.32. The fraction of sp³-hybridized carbons (Fsp3) is 0.500. The van der Waals surface area contributed by atoms with Gasteiger partial charge in [-0.2, -0.15) is 0 Å². The van der Waals surface area contributed by atoms with Gasteiger partial charge in [0.1, 0.15) is 17.4 Å². The Morgan fingerprint density at radius 1 is 1.35 bits per heavy atom. The van der Waals surface area contributed by atoms with Crippen molar-refractivity contribution >= 4 is 21.9 Å². The molecule has 0 radical (unpaired) electrons. The molecule has 1 N–H and O–H groups in total. The molecule has 0 spiro atoms. The van der Waals surface area contributed by atoms with E-state index in [4.69, 9.17) is 4.74 Å². The summed E-state index contributed by atoms with van der Waals surface area (Å²) in [6.45, 7) is 0. The molecule has 0 saturated heterocycles. The molecular formula is C14H15BrF2O3. The molecule has 1 fully saturated rings. The number of carboxylic acid groups (broad SMARTS) is 1. The molecule has 1 aromatic carbocycles. The lowest BCUT2D eigenvalue weighted by atomic mass is 9.69. The predicted octanol–water partition coefficient (Wildman–Crippen LogP) is 4.02. The Morgan fingerprint density at radius 3 is 2.45 bits per heavy atom. The molecule has 0 amide bonds. The van der Waals surface area contributed by atoms with Gasteiger partial charge in [-0.05, 0) is 28.8 Å². The van der Waals surface area contributed by atoms with E-state index in [9.17, 15) is 18.7 Å². The fourth-order valence-electron chi connectivity index (χ4n) is 2.89. The van der Waals surface area contributed by atoms with Crippen LogP contribution in [-0.4, -0.2) is 18.2 Å². The lowest BCUT2D eigenvalue weighted by Gasteiger charge is -2.34. The SMILES string of the molecule is COc1cc(F)c(C2(C(=O)O)CCCCC2)c(F)c1Br. The first kappa shape index (κ1) is 15.2. The average Bonchev–Trinajstić information content (AvgIpc) is 2.43. The molecule has 3 nitrogen and oxygen atoms in total. The predicted molar refractivity (Wildman–Crippen MR) is 73.0 cm³/mol. The molecule has 2 rings (SSSR count). The van der Waals surface area contributed by atoms with Crippen LogP contribution in [0.4, 0.5) is 8.78 Å². The molecule has 6 heteroatoms. The van der Waals surface area contributed by atoms with Crippen LogP contribution >= 0.6 is 15.9 Å². The van der Waals surface area contributed by atoms with E-state index >= 15 is 0 Å². The van der Waals surface area contributed by atoms with Crippen molar-refractivity contribution in [2.45, 2.75) is 37.5 Å². The van der Waals surface area contributed by atoms with E-state index in [0.29, 0.717) is 12.8 Å². The maximum absolute atomic E-state index is 14.5. The lowest BCUT2D eigenvalue weighted by molar-refractivity contribution is -0.145. The number of benzene rings is 1. The highest BCUT2D eigenvalue weighted by atomic mass is 79.9. The largest absolute Gasteiger partial charge is 0.495 e. The van der Waals surface area contributed by atoms with Crippen molar-refractivity contribution < 1.29 is 23.4 Å². The van der Waals surface area contributed by atoms with Crippen LogP contribution < -0.4 is 4.74 Å². The smallest absolute Gasteiger partial charge is 0.314 e. The molecule has 0 aliphatic heterocycles. The van der Waals surface area contributed by atoms with Crippen LogP contribution in [0.5, 0.6) is 5.75 Å². The van der Waals surface area contributed by atoms with Crippen molar-refractivity contribution in [1.82, 2.24) is 0 Å². The van der Waals surface area contributed by atoms with Gasteiger partial charge in [-0.1, -0.05) is 19.3 Å². The van der Waals surface area contributed by atoms with Crippen molar-refractivity contribution in [3.8, 4) is 5.75 Å². The van der Waals surface area contributed by atoms with Crippen LogP contribution in [0.3, 0.4) is 0 Å². The Morgan fingerprint density at radius 2 is 1.95 bits per heavy atom. The van der Waals surface area contributed by atoms with Crippen molar-refractivity contribution in [2.75, 3.05) is 7.11 Å². The summed E-state index contributed by atoms with van der Waals surface area (Å²) in [7, 11) is 1.30. The first-order valence-electron chi connectivity index (χ1n) is 6.39. The van der Waals surface area contributed by atoms with E-state index in [1.54, 1.807) is 0 Å². The molecule has 0 aromatic heterocycles. The first-order valence-corrected chi connectivity index (χ1v) is 7.18. The summed E-state index contributed by atoms with van der Waals surface area (Å²) in [5, 5.41) is 9.53. The second kappa shape index (κ2) is 5.68. The summed E-state index contributed by atoms with van der Waals surface area (Å²) < 4.78 is 33.6. The minimum atomic E-state index is -1.48. The summed E-state index contributed by atoms with van der Waals surface area (Å²) >= 11 is 3.01. The summed E-state index contributed by atoms with van der Waals surface area (Å²) in [5.74, 6) is -2.91. The number of hydrogen-bond acceptors (Lipinski definition) is 2. The molecule has 0 atom stereocenters. The molecular weight excluding hydrogens is 334 g/mol. The Hall–Kier alpha value is -1.17. The van der Waals surface area contributed by atoms with Crippen molar-refractivity contribution in [3.63, 3.8) is 0 Å².